The van der Waals surface area contributed by atoms with Crippen molar-refractivity contribution in [2.75, 3.05) is 18.9 Å². The summed E-state index contributed by atoms with van der Waals surface area (Å²) in [4.78, 5) is 29.9. The molecule has 0 spiro atoms. The molecule has 0 amide bonds. The zero-order valence-corrected chi connectivity index (χ0v) is 22.7. The first kappa shape index (κ1) is 26.6. The number of nitrogen functional groups attached to an aromatic ring is 1. The second-order valence-corrected chi connectivity index (χ2v) is 10.4. The molecule has 1 saturated heterocycles. The van der Waals surface area contributed by atoms with Gasteiger partial charge in [0.25, 0.3) is 5.88 Å². The number of rotatable bonds is 8. The molecule has 1 aliphatic heterocycles. The quantitative estimate of drug-likeness (QED) is 0.242. The summed E-state index contributed by atoms with van der Waals surface area (Å²) in [7, 11) is 0. The van der Waals surface area contributed by atoms with Gasteiger partial charge >= 0.3 is 5.97 Å². The molecule has 41 heavy (non-hydrogen) atoms. The Labute approximate surface area is 241 Å². The van der Waals surface area contributed by atoms with Gasteiger partial charge in [0.05, 0.1) is 35.0 Å². The number of hydrogen-bond acceptors (Lipinski definition) is 8. The number of carbonyl (C=O) groups is 1. The largest absolute Gasteiger partial charge is 0.481 e. The Hall–Kier alpha value is -4.60. The third-order valence-electron chi connectivity index (χ3n) is 7.25. The van der Waals surface area contributed by atoms with Crippen molar-refractivity contribution in [2.45, 2.75) is 24.9 Å². The fourth-order valence-electron chi connectivity index (χ4n) is 5.15. The van der Waals surface area contributed by atoms with E-state index in [2.05, 4.69) is 15.0 Å². The van der Waals surface area contributed by atoms with Crippen molar-refractivity contribution in [1.29, 1.82) is 0 Å². The number of fused-ring (bicyclic) bond motifs is 1. The van der Waals surface area contributed by atoms with Crippen LogP contribution in [0.4, 0.5) is 5.82 Å². The van der Waals surface area contributed by atoms with Crippen LogP contribution in [0, 0.1) is 0 Å². The van der Waals surface area contributed by atoms with Crippen molar-refractivity contribution in [3.05, 3.63) is 95.4 Å². The molecule has 0 aliphatic carbocycles. The van der Waals surface area contributed by atoms with Gasteiger partial charge in [-0.05, 0) is 36.2 Å². The number of hydrogen-bond donors (Lipinski definition) is 2. The minimum atomic E-state index is -0.865. The highest BCUT2D eigenvalue weighted by Crippen LogP contribution is 2.38. The van der Waals surface area contributed by atoms with Crippen LogP contribution in [0.3, 0.4) is 0 Å². The molecule has 5 aromatic rings. The molecule has 6 rings (SSSR count). The Morgan fingerprint density at radius 3 is 2.59 bits per heavy atom. The minimum Gasteiger partial charge on any atom is -0.481 e. The molecular formula is C31H26ClN5O4. The molecular weight excluding hydrogens is 542 g/mol. The number of halogens is 1. The maximum atomic E-state index is 11.5. The average molecular weight is 568 g/mol. The number of anilines is 1. The topological polar surface area (TPSA) is 133 Å². The van der Waals surface area contributed by atoms with Gasteiger partial charge in [0.2, 0.25) is 0 Å². The molecule has 3 aromatic heterocycles. The van der Waals surface area contributed by atoms with Gasteiger partial charge in [-0.15, -0.1) is 0 Å². The van der Waals surface area contributed by atoms with Gasteiger partial charge in [0.15, 0.2) is 5.82 Å². The number of pyridine rings is 2. The van der Waals surface area contributed by atoms with Crippen molar-refractivity contribution in [2.24, 2.45) is 0 Å². The van der Waals surface area contributed by atoms with Crippen LogP contribution >= 0.6 is 11.6 Å². The standard InChI is InChI=1S/C31H26ClN5O4/c32-24-14-21(13-20-7-4-11-34-26(20)24)28-27(19-5-2-1-3-6-19)36-29(33)30(37-28)41-17-23-9-8-22(16-35-23)31(15-25(38)39)10-12-40-18-31/h1-9,11,13-14,16H,10,12,15,17-18H2,(H2,33,36)(H,38,39). The summed E-state index contributed by atoms with van der Waals surface area (Å²) in [6.45, 7) is 0.971. The summed E-state index contributed by atoms with van der Waals surface area (Å²) in [5.41, 5.74) is 10.7. The fourth-order valence-corrected chi connectivity index (χ4v) is 5.43. The second kappa shape index (κ2) is 11.1. The van der Waals surface area contributed by atoms with E-state index < -0.39 is 11.4 Å². The first-order chi connectivity index (χ1) is 19.9. The summed E-state index contributed by atoms with van der Waals surface area (Å²) in [5, 5.41) is 10.8. The zero-order valence-electron chi connectivity index (χ0n) is 22.0. The summed E-state index contributed by atoms with van der Waals surface area (Å²) in [6.07, 6.45) is 4.02. The zero-order chi connectivity index (χ0) is 28.4. The van der Waals surface area contributed by atoms with Gasteiger partial charge in [0, 0.05) is 40.9 Å². The fraction of sp³-hybridized carbons (Fsp3) is 0.194. The smallest absolute Gasteiger partial charge is 0.304 e. The van der Waals surface area contributed by atoms with E-state index in [-0.39, 0.29) is 24.7 Å². The van der Waals surface area contributed by atoms with Crippen molar-refractivity contribution in [3.63, 3.8) is 0 Å². The van der Waals surface area contributed by atoms with Gasteiger partial charge in [-0.3, -0.25) is 14.8 Å². The summed E-state index contributed by atoms with van der Waals surface area (Å²) >= 11 is 6.60. The summed E-state index contributed by atoms with van der Waals surface area (Å²) in [6, 6.07) is 20.9. The molecule has 206 valence electrons. The molecule has 1 fully saturated rings. The van der Waals surface area contributed by atoms with Crippen molar-refractivity contribution in [1.82, 2.24) is 19.9 Å². The Balaban J connectivity index is 1.32. The molecule has 1 atom stereocenters. The van der Waals surface area contributed by atoms with Crippen LogP contribution in [0.25, 0.3) is 33.4 Å². The lowest BCUT2D eigenvalue weighted by molar-refractivity contribution is -0.138. The predicted molar refractivity (Wildman–Crippen MR) is 156 cm³/mol. The Morgan fingerprint density at radius 1 is 1.02 bits per heavy atom. The van der Waals surface area contributed by atoms with Crippen LogP contribution in [0.1, 0.15) is 24.1 Å². The van der Waals surface area contributed by atoms with E-state index in [0.717, 1.165) is 22.1 Å². The van der Waals surface area contributed by atoms with Gasteiger partial charge < -0.3 is 20.3 Å². The highest BCUT2D eigenvalue weighted by atomic mass is 35.5. The lowest BCUT2D eigenvalue weighted by atomic mass is 9.78. The number of aromatic nitrogens is 4. The third kappa shape index (κ3) is 5.41. The molecule has 1 aliphatic rings. The van der Waals surface area contributed by atoms with E-state index >= 15 is 0 Å². The third-order valence-corrected chi connectivity index (χ3v) is 7.54. The van der Waals surface area contributed by atoms with Gasteiger partial charge in [-0.25, -0.2) is 9.97 Å². The van der Waals surface area contributed by atoms with Crippen LogP contribution < -0.4 is 10.5 Å². The summed E-state index contributed by atoms with van der Waals surface area (Å²) < 4.78 is 11.6. The number of carboxylic acid groups (broad SMARTS) is 1. The first-order valence-corrected chi connectivity index (χ1v) is 13.4. The minimum absolute atomic E-state index is 0.0119. The van der Waals surface area contributed by atoms with E-state index in [9.17, 15) is 9.90 Å². The number of nitrogens with two attached hydrogens (primary N) is 1. The van der Waals surface area contributed by atoms with Crippen LogP contribution in [0.15, 0.2) is 79.1 Å². The predicted octanol–water partition coefficient (Wildman–Crippen LogP) is 5.70. The van der Waals surface area contributed by atoms with Gasteiger partial charge in [-0.2, -0.15) is 0 Å². The van der Waals surface area contributed by atoms with Crippen molar-refractivity contribution in [3.8, 4) is 28.4 Å². The average Bonchev–Trinajstić information content (AvgIpc) is 3.46. The van der Waals surface area contributed by atoms with Gasteiger partial charge in [0.1, 0.15) is 12.3 Å². The number of carboxylic acids is 1. The molecule has 0 saturated carbocycles. The van der Waals surface area contributed by atoms with E-state index in [1.165, 1.54) is 0 Å². The molecule has 3 N–H and O–H groups in total. The maximum Gasteiger partial charge on any atom is 0.304 e. The number of aliphatic carboxylic acids is 1. The van der Waals surface area contributed by atoms with Gasteiger partial charge in [-0.1, -0.05) is 54.1 Å². The first-order valence-electron chi connectivity index (χ1n) is 13.1. The van der Waals surface area contributed by atoms with E-state index in [4.69, 9.17) is 31.8 Å². The lowest BCUT2D eigenvalue weighted by Gasteiger charge is -2.25. The molecule has 2 aromatic carbocycles. The van der Waals surface area contributed by atoms with Crippen LogP contribution in [-0.2, 0) is 21.6 Å². The molecule has 4 heterocycles. The lowest BCUT2D eigenvalue weighted by Crippen LogP contribution is -2.30. The van der Waals surface area contributed by atoms with E-state index in [0.29, 0.717) is 47.3 Å². The number of nitrogens with zero attached hydrogens (tertiary/aromatic N) is 4. The highest BCUT2D eigenvalue weighted by Gasteiger charge is 2.39. The van der Waals surface area contributed by atoms with Crippen LogP contribution in [0.2, 0.25) is 5.02 Å². The molecule has 9 nitrogen and oxygen atoms in total. The molecule has 10 heteroatoms. The SMILES string of the molecule is Nc1nc(-c2ccccc2)c(-c2cc(Cl)c3ncccc3c2)nc1OCc1ccc(C2(CC(=O)O)CCOC2)cn1. The maximum absolute atomic E-state index is 11.5. The Morgan fingerprint density at radius 2 is 1.85 bits per heavy atom. The Bertz CT molecular complexity index is 1730. The van der Waals surface area contributed by atoms with Crippen LogP contribution in [0.5, 0.6) is 5.88 Å². The molecule has 1 unspecified atom stereocenters. The highest BCUT2D eigenvalue weighted by molar-refractivity contribution is 6.35. The van der Waals surface area contributed by atoms with E-state index in [1.54, 1.807) is 12.4 Å². The normalized spacial score (nSPS) is 16.6. The Kier molecular flexibility index (Phi) is 7.21. The monoisotopic (exact) mass is 567 g/mol. The van der Waals surface area contributed by atoms with E-state index in [1.807, 2.05) is 66.7 Å². The van der Waals surface area contributed by atoms with Crippen molar-refractivity contribution >= 4 is 34.3 Å². The number of benzene rings is 2. The van der Waals surface area contributed by atoms with Crippen molar-refractivity contribution < 1.29 is 19.4 Å². The van der Waals surface area contributed by atoms with Crippen LogP contribution in [-0.4, -0.2) is 44.2 Å². The molecule has 0 bridgehead atoms. The summed E-state index contributed by atoms with van der Waals surface area (Å²) in [5.74, 6) is -0.559. The number of ether oxygens (including phenoxy) is 2. The molecule has 0 radical (unpaired) electrons. The second-order valence-electron chi connectivity index (χ2n) is 9.99.